The summed E-state index contributed by atoms with van der Waals surface area (Å²) in [4.78, 5) is 0. The van der Waals surface area contributed by atoms with E-state index in [2.05, 4.69) is 19.1 Å². The van der Waals surface area contributed by atoms with E-state index < -0.39 is 0 Å². The van der Waals surface area contributed by atoms with Crippen molar-refractivity contribution in [1.29, 1.82) is 0 Å². The van der Waals surface area contributed by atoms with Gasteiger partial charge in [0.15, 0.2) is 6.71 Å². The van der Waals surface area contributed by atoms with Crippen LogP contribution in [0.15, 0.2) is 10.8 Å². The van der Waals surface area contributed by atoms with Crippen molar-refractivity contribution in [3.8, 4) is 0 Å². The van der Waals surface area contributed by atoms with E-state index in [0.717, 1.165) is 5.46 Å². The van der Waals surface area contributed by atoms with Crippen LogP contribution in [0, 0.1) is 0 Å². The van der Waals surface area contributed by atoms with E-state index in [9.17, 15) is 0 Å². The van der Waals surface area contributed by atoms with E-state index in [1.54, 1.807) is 11.3 Å². The highest BCUT2D eigenvalue weighted by Gasteiger charge is 2.11. The number of rotatable bonds is 4. The summed E-state index contributed by atoms with van der Waals surface area (Å²) in [6.45, 7) is 5.12. The summed E-state index contributed by atoms with van der Waals surface area (Å²) in [6.07, 6.45) is 3.84. The molecule has 12 heavy (non-hydrogen) atoms. The Morgan fingerprint density at radius 1 is 1.50 bits per heavy atom. The number of hydrogen-bond donors (Lipinski definition) is 0. The minimum absolute atomic E-state index is 0.635. The van der Waals surface area contributed by atoms with Crippen LogP contribution < -0.4 is 10.9 Å². The molecule has 0 aromatic carbocycles. The normalized spacial score (nSPS) is 10.2. The van der Waals surface area contributed by atoms with Crippen molar-refractivity contribution in [3.63, 3.8) is 0 Å². The molecule has 0 atom stereocenters. The van der Waals surface area contributed by atoms with Gasteiger partial charge in [-0.15, -0.1) is 0 Å². The van der Waals surface area contributed by atoms with Gasteiger partial charge in [-0.2, -0.15) is 11.3 Å². The maximum Gasteiger partial charge on any atom is 0.173 e. The van der Waals surface area contributed by atoms with Crippen molar-refractivity contribution in [2.45, 2.75) is 32.9 Å². The van der Waals surface area contributed by atoms with Crippen LogP contribution in [-0.4, -0.2) is 14.6 Å². The van der Waals surface area contributed by atoms with Gasteiger partial charge in [-0.05, 0) is 10.8 Å². The number of thiophene rings is 1. The maximum atomic E-state index is 5.82. The summed E-state index contributed by atoms with van der Waals surface area (Å²) in [5.41, 5.74) is 2.32. The largest absolute Gasteiger partial charge is 0.173 e. The average Bonchev–Trinajstić information content (AvgIpc) is 2.47. The molecule has 62 valence electrons. The summed E-state index contributed by atoms with van der Waals surface area (Å²) < 4.78 is 0. The molecule has 0 aliphatic heterocycles. The first-order valence-electron chi connectivity index (χ1n) is 4.57. The molecule has 1 heterocycles. The van der Waals surface area contributed by atoms with E-state index in [4.69, 9.17) is 7.85 Å². The first-order valence-corrected chi connectivity index (χ1v) is 5.51. The molecule has 0 aliphatic rings. The van der Waals surface area contributed by atoms with Crippen LogP contribution in [0.2, 0.25) is 13.1 Å². The van der Waals surface area contributed by atoms with Gasteiger partial charge in [0.25, 0.3) is 0 Å². The van der Waals surface area contributed by atoms with Gasteiger partial charge in [0.1, 0.15) is 7.85 Å². The number of hydrogen-bond acceptors (Lipinski definition) is 1. The lowest BCUT2D eigenvalue weighted by Crippen LogP contribution is -2.36. The smallest absolute Gasteiger partial charge is 0.154 e. The molecule has 2 radical (unpaired) electrons. The minimum atomic E-state index is 0.635. The Morgan fingerprint density at radius 2 is 2.25 bits per heavy atom. The molecule has 0 saturated carbocycles. The van der Waals surface area contributed by atoms with Gasteiger partial charge in [-0.1, -0.05) is 43.8 Å². The van der Waals surface area contributed by atoms with Crippen LogP contribution in [0.3, 0.4) is 0 Å². The molecule has 1 aromatic rings. The molecule has 0 aliphatic carbocycles. The summed E-state index contributed by atoms with van der Waals surface area (Å²) >= 11 is 1.70. The Kier molecular flexibility index (Phi) is 3.93. The first kappa shape index (κ1) is 9.91. The molecule has 3 heteroatoms. The molecular formula is C9H14B2S. The fourth-order valence-corrected chi connectivity index (χ4v) is 2.25. The van der Waals surface area contributed by atoms with Gasteiger partial charge in [0.05, 0.1) is 0 Å². The number of unbranched alkanes of at least 4 members (excludes halogenated alkanes) is 1. The van der Waals surface area contributed by atoms with E-state index in [1.807, 2.05) is 5.38 Å². The highest BCUT2D eigenvalue weighted by Crippen LogP contribution is 2.02. The quantitative estimate of drug-likeness (QED) is 0.612. The van der Waals surface area contributed by atoms with E-state index in [0.29, 0.717) is 6.71 Å². The van der Waals surface area contributed by atoms with Crippen LogP contribution in [0.4, 0.5) is 0 Å². The van der Waals surface area contributed by atoms with Gasteiger partial charge in [-0.25, -0.2) is 0 Å². The van der Waals surface area contributed by atoms with Crippen LogP contribution in [-0.2, 0) is 0 Å². The Hall–Kier alpha value is -0.170. The van der Waals surface area contributed by atoms with Crippen LogP contribution >= 0.6 is 11.3 Å². The first-order chi connectivity index (χ1) is 5.75. The minimum Gasteiger partial charge on any atom is -0.154 e. The van der Waals surface area contributed by atoms with Gasteiger partial charge in [0, 0.05) is 0 Å². The van der Waals surface area contributed by atoms with Crippen LogP contribution in [0.5, 0.6) is 0 Å². The van der Waals surface area contributed by atoms with Crippen LogP contribution in [0.25, 0.3) is 0 Å². The second kappa shape index (κ2) is 4.76. The molecule has 1 rings (SSSR count). The van der Waals surface area contributed by atoms with Crippen molar-refractivity contribution in [2.24, 2.45) is 0 Å². The topological polar surface area (TPSA) is 0 Å². The lowest BCUT2D eigenvalue weighted by atomic mass is 9.43. The Bertz CT molecular complexity index is 232. The van der Waals surface area contributed by atoms with Crippen molar-refractivity contribution in [3.05, 3.63) is 10.8 Å². The predicted octanol–water partition coefficient (Wildman–Crippen LogP) is 1.67. The summed E-state index contributed by atoms with van der Waals surface area (Å²) in [5.74, 6) is 0. The fraction of sp³-hybridized carbons (Fsp3) is 0.556. The maximum absolute atomic E-state index is 5.82. The Morgan fingerprint density at radius 3 is 2.75 bits per heavy atom. The van der Waals surface area contributed by atoms with Gasteiger partial charge in [-0.3, -0.25) is 0 Å². The molecule has 0 nitrogen and oxygen atoms in total. The third-order valence-electron chi connectivity index (χ3n) is 2.24. The van der Waals surface area contributed by atoms with E-state index >= 15 is 0 Å². The van der Waals surface area contributed by atoms with Gasteiger partial charge >= 0.3 is 0 Å². The monoisotopic (exact) mass is 176 g/mol. The highest BCUT2D eigenvalue weighted by molar-refractivity contribution is 7.10. The van der Waals surface area contributed by atoms with E-state index in [-0.39, 0.29) is 0 Å². The lowest BCUT2D eigenvalue weighted by Gasteiger charge is -2.06. The third kappa shape index (κ3) is 2.41. The zero-order chi connectivity index (χ0) is 8.97. The molecule has 0 bridgehead atoms. The average molecular weight is 176 g/mol. The third-order valence-corrected chi connectivity index (χ3v) is 3.02. The van der Waals surface area contributed by atoms with Gasteiger partial charge < -0.3 is 0 Å². The standard InChI is InChI=1S/C9H14B2S/c1-3-4-5-11(2)9-7-12-6-8(9)10/h6-7H,3-5H2,1-2H3. The molecular weight excluding hydrogens is 162 g/mol. The Balaban J connectivity index is 2.52. The molecule has 1 aromatic heterocycles. The second-order valence-electron chi connectivity index (χ2n) is 3.33. The highest BCUT2D eigenvalue weighted by atomic mass is 32.1. The summed E-state index contributed by atoms with van der Waals surface area (Å²) in [6, 6.07) is 0. The fourth-order valence-electron chi connectivity index (χ4n) is 1.38. The van der Waals surface area contributed by atoms with Crippen LogP contribution in [0.1, 0.15) is 19.8 Å². The molecule has 0 fully saturated rings. The van der Waals surface area contributed by atoms with Crippen molar-refractivity contribution < 1.29 is 0 Å². The molecule has 0 spiro atoms. The van der Waals surface area contributed by atoms with Crippen molar-refractivity contribution >= 4 is 36.8 Å². The second-order valence-corrected chi connectivity index (χ2v) is 4.07. The molecule has 0 amide bonds. The Labute approximate surface area is 80.9 Å². The SMILES string of the molecule is [B]c1cscc1B(C)CCCC. The van der Waals surface area contributed by atoms with Crippen molar-refractivity contribution in [1.82, 2.24) is 0 Å². The lowest BCUT2D eigenvalue weighted by molar-refractivity contribution is 0.877. The van der Waals surface area contributed by atoms with Crippen molar-refractivity contribution in [2.75, 3.05) is 0 Å². The zero-order valence-corrected chi connectivity index (χ0v) is 8.66. The molecule has 0 saturated heterocycles. The summed E-state index contributed by atoms with van der Waals surface area (Å²) in [5, 5.41) is 4.20. The predicted molar refractivity (Wildman–Crippen MR) is 60.7 cm³/mol. The summed E-state index contributed by atoms with van der Waals surface area (Å²) in [7, 11) is 5.82. The van der Waals surface area contributed by atoms with Gasteiger partial charge in [0.2, 0.25) is 0 Å². The zero-order valence-electron chi connectivity index (χ0n) is 7.84. The molecule has 0 unspecified atom stereocenters. The van der Waals surface area contributed by atoms with E-state index in [1.165, 1.54) is 24.6 Å². The molecule has 0 N–H and O–H groups in total.